The summed E-state index contributed by atoms with van der Waals surface area (Å²) in [5.74, 6) is -1.49. The van der Waals surface area contributed by atoms with Crippen molar-refractivity contribution in [2.24, 2.45) is 17.6 Å². The summed E-state index contributed by atoms with van der Waals surface area (Å²) >= 11 is 3.06. The molecule has 6 atom stereocenters. The van der Waals surface area contributed by atoms with Crippen LogP contribution in [0.5, 0.6) is 0 Å². The van der Waals surface area contributed by atoms with Crippen molar-refractivity contribution in [1.82, 2.24) is 15.5 Å². The molecule has 0 bridgehead atoms. The lowest BCUT2D eigenvalue weighted by atomic mass is 9.79. The van der Waals surface area contributed by atoms with Crippen molar-refractivity contribution in [3.8, 4) is 0 Å². The molecule has 2 fully saturated rings. The van der Waals surface area contributed by atoms with Crippen LogP contribution in [0, 0.1) is 11.8 Å². The molecule has 2 saturated heterocycles. The number of nitrogens with one attached hydrogen (secondary N) is 2. The van der Waals surface area contributed by atoms with E-state index in [2.05, 4.69) is 10.6 Å². The molecule has 30 heavy (non-hydrogen) atoms. The minimum absolute atomic E-state index is 0.0751. The van der Waals surface area contributed by atoms with Crippen molar-refractivity contribution in [3.63, 3.8) is 0 Å². The van der Waals surface area contributed by atoms with Gasteiger partial charge < -0.3 is 31.5 Å². The number of thioether (sulfide) groups is 2. The normalized spacial score (nSPS) is 31.8. The van der Waals surface area contributed by atoms with Crippen LogP contribution in [0.1, 0.15) is 20.3 Å². The highest BCUT2D eigenvalue weighted by atomic mass is 32.2. The fourth-order valence-corrected chi connectivity index (χ4v) is 6.63. The van der Waals surface area contributed by atoms with Gasteiger partial charge in [0.2, 0.25) is 11.8 Å². The van der Waals surface area contributed by atoms with Crippen LogP contribution >= 0.6 is 23.5 Å². The molecular weight excluding hydrogens is 428 g/mol. The molecule has 0 saturated carbocycles. The molecule has 0 aliphatic carbocycles. The molecule has 3 heterocycles. The van der Waals surface area contributed by atoms with E-state index in [1.807, 2.05) is 6.92 Å². The lowest BCUT2D eigenvalue weighted by molar-refractivity contribution is -0.163. The first kappa shape index (κ1) is 23.1. The van der Waals surface area contributed by atoms with E-state index in [9.17, 15) is 24.6 Å². The number of amides is 2. The van der Waals surface area contributed by atoms with Gasteiger partial charge in [0.15, 0.2) is 0 Å². The molecule has 3 aliphatic heterocycles. The van der Waals surface area contributed by atoms with E-state index >= 15 is 0 Å². The Morgan fingerprint density at radius 1 is 1.47 bits per heavy atom. The highest BCUT2D eigenvalue weighted by Gasteiger charge is 2.60. The first-order chi connectivity index (χ1) is 14.3. The summed E-state index contributed by atoms with van der Waals surface area (Å²) in [6.07, 6.45) is 1.51. The van der Waals surface area contributed by atoms with Crippen molar-refractivity contribution in [2.45, 2.75) is 43.7 Å². The Balaban J connectivity index is 1.58. The lowest BCUT2D eigenvalue weighted by Crippen LogP contribution is -2.63. The molecule has 0 aromatic carbocycles. The molecule has 11 heteroatoms. The topological polar surface area (TPSA) is 145 Å². The van der Waals surface area contributed by atoms with Gasteiger partial charge in [0.05, 0.1) is 24.7 Å². The lowest BCUT2D eigenvalue weighted by Gasteiger charge is -2.46. The van der Waals surface area contributed by atoms with Crippen LogP contribution < -0.4 is 16.4 Å². The van der Waals surface area contributed by atoms with Gasteiger partial charge in [-0.1, -0.05) is 6.92 Å². The van der Waals surface area contributed by atoms with Gasteiger partial charge in [0, 0.05) is 40.5 Å². The van der Waals surface area contributed by atoms with E-state index in [1.165, 1.54) is 34.5 Å². The molecule has 166 valence electrons. The number of fused-ring (bicyclic) bond motifs is 1. The third-order valence-corrected chi connectivity index (χ3v) is 8.11. The maximum absolute atomic E-state index is 12.4. The minimum Gasteiger partial charge on any atom is -0.477 e. The molecule has 6 N–H and O–H groups in total. The van der Waals surface area contributed by atoms with Gasteiger partial charge in [0.1, 0.15) is 5.70 Å². The number of carbonyl (C=O) groups is 3. The Labute approximate surface area is 183 Å². The minimum atomic E-state index is -1.09. The first-order valence-electron chi connectivity index (χ1n) is 9.90. The molecule has 0 aromatic rings. The number of aliphatic carboxylic acids is 1. The zero-order valence-electron chi connectivity index (χ0n) is 16.9. The Hall–Kier alpha value is -1.53. The fraction of sp³-hybridized carbons (Fsp3) is 0.632. The standard InChI is InChI=1S/C19H28N4O5S2/c1-9-15-14(10(2)24)18(26)23(15)16(19(27)28)17(9)30-12-5-11(21-6-12)7-29-4-3-13(25)22-8-20/h3-4,9-12,14-15,21,24H,5-8,20H2,1-2H3,(H,22,25)(H,27,28)/b4-3+/t9-,10-,11+,12+,14-,15?/m1/s1. The molecular formula is C19H28N4O5S2. The summed E-state index contributed by atoms with van der Waals surface area (Å²) < 4.78 is 0. The molecule has 1 unspecified atom stereocenters. The Morgan fingerprint density at radius 3 is 2.83 bits per heavy atom. The largest absolute Gasteiger partial charge is 0.477 e. The summed E-state index contributed by atoms with van der Waals surface area (Å²) in [4.78, 5) is 37.7. The third kappa shape index (κ3) is 4.54. The number of carboxylic acids is 1. The Kier molecular flexibility index (Phi) is 7.51. The van der Waals surface area contributed by atoms with E-state index in [0.717, 1.165) is 23.6 Å². The van der Waals surface area contributed by atoms with Crippen molar-refractivity contribution >= 4 is 41.3 Å². The molecule has 3 aliphatic rings. The van der Waals surface area contributed by atoms with E-state index in [-0.39, 0.29) is 47.4 Å². The van der Waals surface area contributed by atoms with Crippen LogP contribution in [-0.2, 0) is 14.4 Å². The number of nitrogens with zero attached hydrogens (tertiary/aromatic N) is 1. The van der Waals surface area contributed by atoms with Gasteiger partial charge in [-0.3, -0.25) is 9.59 Å². The second-order valence-electron chi connectivity index (χ2n) is 7.73. The van der Waals surface area contributed by atoms with Gasteiger partial charge >= 0.3 is 5.97 Å². The van der Waals surface area contributed by atoms with Crippen molar-refractivity contribution < 1.29 is 24.6 Å². The summed E-state index contributed by atoms with van der Waals surface area (Å²) in [5.41, 5.74) is 5.32. The fourth-order valence-electron chi connectivity index (χ4n) is 4.30. The number of carbonyl (C=O) groups excluding carboxylic acids is 2. The van der Waals surface area contributed by atoms with Crippen LogP contribution in [0.3, 0.4) is 0 Å². The molecule has 9 nitrogen and oxygen atoms in total. The summed E-state index contributed by atoms with van der Waals surface area (Å²) in [5, 5.41) is 27.5. The molecule has 0 radical (unpaired) electrons. The van der Waals surface area contributed by atoms with E-state index in [4.69, 9.17) is 5.73 Å². The van der Waals surface area contributed by atoms with E-state index < -0.39 is 18.0 Å². The van der Waals surface area contributed by atoms with E-state index in [0.29, 0.717) is 0 Å². The third-order valence-electron chi connectivity index (χ3n) is 5.68. The highest BCUT2D eigenvalue weighted by molar-refractivity contribution is 8.03. The van der Waals surface area contributed by atoms with Gasteiger partial charge in [-0.25, -0.2) is 4.79 Å². The Bertz CT molecular complexity index is 772. The van der Waals surface area contributed by atoms with Crippen molar-refractivity contribution in [2.75, 3.05) is 19.0 Å². The van der Waals surface area contributed by atoms with Crippen LogP contribution in [0.4, 0.5) is 0 Å². The molecule has 3 rings (SSSR count). The number of hydrogen-bond donors (Lipinski definition) is 5. The number of aliphatic hydroxyl groups is 1. The van der Waals surface area contributed by atoms with Gasteiger partial charge in [-0.05, 0) is 18.8 Å². The molecule has 0 spiro atoms. The predicted molar refractivity (Wildman–Crippen MR) is 116 cm³/mol. The predicted octanol–water partition coefficient (Wildman–Crippen LogP) is -0.117. The molecule has 0 aromatic heterocycles. The van der Waals surface area contributed by atoms with Crippen LogP contribution in [0.25, 0.3) is 0 Å². The summed E-state index contributed by atoms with van der Waals surface area (Å²) in [7, 11) is 0. The zero-order valence-corrected chi connectivity index (χ0v) is 18.5. The summed E-state index contributed by atoms with van der Waals surface area (Å²) in [6, 6.07) is -0.0270. The Morgan fingerprint density at radius 2 is 2.20 bits per heavy atom. The number of nitrogens with two attached hydrogens (primary N) is 1. The monoisotopic (exact) mass is 456 g/mol. The smallest absolute Gasteiger partial charge is 0.353 e. The second kappa shape index (κ2) is 9.73. The van der Waals surface area contributed by atoms with Gasteiger partial charge in [-0.15, -0.1) is 23.5 Å². The zero-order chi connectivity index (χ0) is 22.0. The maximum Gasteiger partial charge on any atom is 0.353 e. The number of β-lactam (4-membered cyclic amide) rings is 1. The number of hydrogen-bond acceptors (Lipinski definition) is 8. The number of aliphatic hydroxyl groups excluding tert-OH is 1. The van der Waals surface area contributed by atoms with Crippen LogP contribution in [0.2, 0.25) is 0 Å². The van der Waals surface area contributed by atoms with Gasteiger partial charge in [-0.2, -0.15) is 0 Å². The van der Waals surface area contributed by atoms with E-state index in [1.54, 1.807) is 12.3 Å². The van der Waals surface area contributed by atoms with Crippen LogP contribution in [-0.4, -0.2) is 75.3 Å². The second-order valence-corrected chi connectivity index (χ2v) is 10.0. The number of carboxylic acid groups (broad SMARTS) is 1. The average molecular weight is 457 g/mol. The first-order valence-corrected chi connectivity index (χ1v) is 11.8. The van der Waals surface area contributed by atoms with Gasteiger partial charge in [0.25, 0.3) is 0 Å². The maximum atomic E-state index is 12.4. The average Bonchev–Trinajstić information content (AvgIpc) is 3.21. The number of rotatable bonds is 9. The quantitative estimate of drug-likeness (QED) is 0.182. The van der Waals surface area contributed by atoms with Crippen molar-refractivity contribution in [3.05, 3.63) is 22.1 Å². The highest BCUT2D eigenvalue weighted by Crippen LogP contribution is 2.51. The van der Waals surface area contributed by atoms with Crippen LogP contribution in [0.15, 0.2) is 22.1 Å². The SMILES string of the molecule is C[C@H]1C(S[C@@H]2CN[C@H](CS/C=C/C(=O)NCN)C2)=C(C(=O)O)N2C(=O)[C@H]([C@@H](C)O)C12. The summed E-state index contributed by atoms with van der Waals surface area (Å²) in [6.45, 7) is 4.36. The van der Waals surface area contributed by atoms with Crippen molar-refractivity contribution in [1.29, 1.82) is 0 Å². The molecule has 2 amide bonds.